The van der Waals surface area contributed by atoms with E-state index in [1.807, 2.05) is 13.0 Å². The SMILES string of the molecule is CCC#N.[Cu]. The van der Waals surface area contributed by atoms with Crippen molar-refractivity contribution in [3.8, 4) is 6.07 Å². The van der Waals surface area contributed by atoms with Gasteiger partial charge in [0.05, 0.1) is 6.07 Å². The fraction of sp³-hybridized carbons (Fsp3) is 0.667. The van der Waals surface area contributed by atoms with Crippen LogP contribution in [-0.2, 0) is 17.1 Å². The molecule has 33 valence electrons. The van der Waals surface area contributed by atoms with Gasteiger partial charge in [-0.2, -0.15) is 5.26 Å². The Kier molecular flexibility index (Phi) is 16.0. The second-order valence-corrected chi connectivity index (χ2v) is 0.512. The van der Waals surface area contributed by atoms with E-state index in [1.54, 1.807) is 0 Å². The number of hydrogen-bond donors (Lipinski definition) is 0. The summed E-state index contributed by atoms with van der Waals surface area (Å²) in [6.45, 7) is 1.82. The molecule has 0 atom stereocenters. The van der Waals surface area contributed by atoms with Crippen LogP contribution in [0, 0.1) is 11.3 Å². The number of hydrogen-bond acceptors (Lipinski definition) is 1. The molecule has 0 rings (SSSR count). The molecule has 0 heterocycles. The third kappa shape index (κ3) is 15.9. The van der Waals surface area contributed by atoms with Crippen molar-refractivity contribution < 1.29 is 17.1 Å². The Bertz CT molecular complexity index is 36.6. The van der Waals surface area contributed by atoms with Crippen molar-refractivity contribution in [2.24, 2.45) is 0 Å². The monoisotopic (exact) mass is 118 g/mol. The van der Waals surface area contributed by atoms with E-state index < -0.39 is 0 Å². The van der Waals surface area contributed by atoms with E-state index in [1.165, 1.54) is 0 Å². The average molecular weight is 119 g/mol. The van der Waals surface area contributed by atoms with Crippen molar-refractivity contribution in [3.05, 3.63) is 0 Å². The first kappa shape index (κ1) is 8.89. The summed E-state index contributed by atoms with van der Waals surface area (Å²) in [4.78, 5) is 0. The van der Waals surface area contributed by atoms with Crippen LogP contribution in [0.4, 0.5) is 0 Å². The van der Waals surface area contributed by atoms with Gasteiger partial charge in [-0.15, -0.1) is 0 Å². The van der Waals surface area contributed by atoms with Gasteiger partial charge in [0.15, 0.2) is 0 Å². The number of nitriles is 1. The Morgan fingerprint density at radius 3 is 2.00 bits per heavy atom. The standard InChI is InChI=1S/C3H5N.Cu/c1-2-3-4;/h2H2,1H3;. The van der Waals surface area contributed by atoms with Gasteiger partial charge in [-0.1, -0.05) is 6.92 Å². The summed E-state index contributed by atoms with van der Waals surface area (Å²) >= 11 is 0. The van der Waals surface area contributed by atoms with E-state index in [-0.39, 0.29) is 17.1 Å². The van der Waals surface area contributed by atoms with E-state index in [0.29, 0.717) is 6.42 Å². The molecule has 0 aliphatic heterocycles. The maximum Gasteiger partial charge on any atom is 0.0618 e. The predicted octanol–water partition coefficient (Wildman–Crippen LogP) is 0.917. The molecule has 0 saturated carbocycles. The minimum Gasteiger partial charge on any atom is -0.198 e. The summed E-state index contributed by atoms with van der Waals surface area (Å²) in [5.41, 5.74) is 0. The van der Waals surface area contributed by atoms with Crippen LogP contribution in [0.3, 0.4) is 0 Å². The van der Waals surface area contributed by atoms with Gasteiger partial charge >= 0.3 is 0 Å². The quantitative estimate of drug-likeness (QED) is 0.434. The molecule has 0 aliphatic rings. The first-order valence-corrected chi connectivity index (χ1v) is 1.28. The largest absolute Gasteiger partial charge is 0.198 e. The molecule has 0 aromatic rings. The van der Waals surface area contributed by atoms with Crippen LogP contribution in [0.1, 0.15) is 13.3 Å². The molecule has 2 heteroatoms. The van der Waals surface area contributed by atoms with Gasteiger partial charge in [-0.25, -0.2) is 0 Å². The topological polar surface area (TPSA) is 23.8 Å². The number of nitrogens with zero attached hydrogens (tertiary/aromatic N) is 1. The second-order valence-electron chi connectivity index (χ2n) is 0.512. The molecule has 0 aliphatic carbocycles. The zero-order valence-corrected chi connectivity index (χ0v) is 3.90. The zero-order valence-electron chi connectivity index (χ0n) is 2.96. The third-order valence-electron chi connectivity index (χ3n) is 0.158. The van der Waals surface area contributed by atoms with Crippen molar-refractivity contribution in [2.45, 2.75) is 13.3 Å². The van der Waals surface area contributed by atoms with Gasteiger partial charge in [-0.3, -0.25) is 0 Å². The molecule has 0 saturated heterocycles. The van der Waals surface area contributed by atoms with Gasteiger partial charge in [0.1, 0.15) is 0 Å². The summed E-state index contributed by atoms with van der Waals surface area (Å²) in [5.74, 6) is 0. The van der Waals surface area contributed by atoms with Crippen LogP contribution in [0.5, 0.6) is 0 Å². The van der Waals surface area contributed by atoms with Crippen molar-refractivity contribution in [3.63, 3.8) is 0 Å². The van der Waals surface area contributed by atoms with E-state index in [4.69, 9.17) is 5.26 Å². The van der Waals surface area contributed by atoms with Gasteiger partial charge in [-0.05, 0) is 0 Å². The molecule has 5 heavy (non-hydrogen) atoms. The molecule has 0 aromatic heterocycles. The summed E-state index contributed by atoms with van der Waals surface area (Å²) in [6.07, 6.45) is 0.625. The smallest absolute Gasteiger partial charge is 0.0618 e. The third-order valence-corrected chi connectivity index (χ3v) is 0.158. The minimum atomic E-state index is 0. The van der Waals surface area contributed by atoms with Crippen LogP contribution in [0.2, 0.25) is 0 Å². The molecule has 0 amide bonds. The van der Waals surface area contributed by atoms with Crippen LogP contribution in [0.25, 0.3) is 0 Å². The molecule has 0 unspecified atom stereocenters. The molecule has 1 radical (unpaired) electrons. The Hall–Kier alpha value is 0.00948. The van der Waals surface area contributed by atoms with E-state index in [2.05, 4.69) is 0 Å². The Morgan fingerprint density at radius 2 is 2.00 bits per heavy atom. The maximum atomic E-state index is 7.62. The van der Waals surface area contributed by atoms with Crippen LogP contribution in [-0.4, -0.2) is 0 Å². The van der Waals surface area contributed by atoms with E-state index in [0.717, 1.165) is 0 Å². The van der Waals surface area contributed by atoms with Gasteiger partial charge < -0.3 is 0 Å². The van der Waals surface area contributed by atoms with Crippen LogP contribution < -0.4 is 0 Å². The van der Waals surface area contributed by atoms with Crippen molar-refractivity contribution in [1.82, 2.24) is 0 Å². The zero-order chi connectivity index (χ0) is 3.41. The summed E-state index contributed by atoms with van der Waals surface area (Å²) < 4.78 is 0. The molecular formula is C3H5CuN. The van der Waals surface area contributed by atoms with Crippen molar-refractivity contribution in [2.75, 3.05) is 0 Å². The summed E-state index contributed by atoms with van der Waals surface area (Å²) in [6, 6.07) is 1.93. The van der Waals surface area contributed by atoms with Crippen molar-refractivity contribution >= 4 is 0 Å². The molecule has 0 bridgehead atoms. The molecule has 1 nitrogen and oxygen atoms in total. The first-order valence-electron chi connectivity index (χ1n) is 1.28. The fourth-order valence-electron chi connectivity index (χ4n) is 0. The Balaban J connectivity index is 0. The number of rotatable bonds is 0. The summed E-state index contributed by atoms with van der Waals surface area (Å²) in [7, 11) is 0. The first-order chi connectivity index (χ1) is 1.91. The van der Waals surface area contributed by atoms with Gasteiger partial charge in [0, 0.05) is 23.5 Å². The normalized spacial score (nSPS) is 4.00. The fourth-order valence-corrected chi connectivity index (χ4v) is 0. The summed E-state index contributed by atoms with van der Waals surface area (Å²) in [5, 5.41) is 7.62. The van der Waals surface area contributed by atoms with Crippen LogP contribution >= 0.6 is 0 Å². The van der Waals surface area contributed by atoms with E-state index >= 15 is 0 Å². The van der Waals surface area contributed by atoms with Crippen LogP contribution in [0.15, 0.2) is 0 Å². The maximum absolute atomic E-state index is 7.62. The van der Waals surface area contributed by atoms with Gasteiger partial charge in [0.2, 0.25) is 0 Å². The van der Waals surface area contributed by atoms with Crippen molar-refractivity contribution in [1.29, 1.82) is 5.26 Å². The second kappa shape index (κ2) is 8.99. The minimum absolute atomic E-state index is 0. The molecule has 0 aromatic carbocycles. The average Bonchev–Trinajstić information content (AvgIpc) is 1.37. The van der Waals surface area contributed by atoms with E-state index in [9.17, 15) is 0 Å². The predicted molar refractivity (Wildman–Crippen MR) is 15.9 cm³/mol. The molecule has 0 fully saturated rings. The molecular weight excluding hydrogens is 114 g/mol. The Labute approximate surface area is 42.5 Å². The Morgan fingerprint density at radius 1 is 1.80 bits per heavy atom. The molecule has 0 N–H and O–H groups in total. The molecule has 0 spiro atoms. The van der Waals surface area contributed by atoms with Gasteiger partial charge in [0.25, 0.3) is 0 Å².